The van der Waals surface area contributed by atoms with Gasteiger partial charge in [0.15, 0.2) is 5.96 Å². The Kier molecular flexibility index (Phi) is 77.4. The van der Waals surface area contributed by atoms with E-state index in [1.807, 2.05) is 0 Å². The smallest absolute Gasteiger partial charge is 0.262 e. The van der Waals surface area contributed by atoms with E-state index in [4.69, 9.17) is 11.5 Å². The number of rotatable bonds is 79. The normalized spacial score (nSPS) is 12.8. The second kappa shape index (κ2) is 82.2. The summed E-state index contributed by atoms with van der Waals surface area (Å²) in [5, 5.41) is 22.1. The molecule has 19 heteroatoms. The third kappa shape index (κ3) is 75.0. The number of hydrogen-bond acceptors (Lipinski definition) is 11. The summed E-state index contributed by atoms with van der Waals surface area (Å²) in [4.78, 5) is 85.7. The number of nitrogens with two attached hydrogens (primary N) is 2. The molecule has 0 fully saturated rings. The van der Waals surface area contributed by atoms with Crippen molar-refractivity contribution in [1.82, 2.24) is 32.3 Å². The van der Waals surface area contributed by atoms with Gasteiger partial charge in [0.25, 0.3) is 11.8 Å². The van der Waals surface area contributed by atoms with Gasteiger partial charge in [-0.05, 0) is 173 Å². The van der Waals surface area contributed by atoms with Gasteiger partial charge in [0.2, 0.25) is 23.6 Å². The molecule has 0 aliphatic carbocycles. The number of nitrogens with zero attached hydrogens (tertiary/aromatic N) is 5. The van der Waals surface area contributed by atoms with Crippen LogP contribution in [0, 0.1) is 0 Å². The first kappa shape index (κ1) is 101. The van der Waals surface area contributed by atoms with Crippen LogP contribution in [0.4, 0.5) is 0 Å². The van der Waals surface area contributed by atoms with Crippen molar-refractivity contribution in [2.45, 2.75) is 444 Å². The number of guanidine groups is 1. The van der Waals surface area contributed by atoms with Gasteiger partial charge in [0.05, 0.1) is 0 Å². The van der Waals surface area contributed by atoms with Crippen molar-refractivity contribution in [2.24, 2.45) is 36.9 Å². The van der Waals surface area contributed by atoms with Gasteiger partial charge in [-0.25, -0.2) is 26.7 Å². The predicted molar refractivity (Wildman–Crippen MR) is 456 cm³/mol. The molecular formula is C88H161N13O6. The van der Waals surface area contributed by atoms with Crippen LogP contribution in [-0.2, 0) is 28.8 Å². The van der Waals surface area contributed by atoms with Crippen LogP contribution in [0.25, 0.3) is 0 Å². The van der Waals surface area contributed by atoms with Crippen molar-refractivity contribution < 1.29 is 28.8 Å². The molecule has 0 unspecified atom stereocenters. The Balaban J connectivity index is 5.79. The average molecular weight is 1500 g/mol. The maximum atomic E-state index is 14.1. The highest BCUT2D eigenvalue weighted by atomic mass is 16.2. The Morgan fingerprint density at radius 3 is 0.748 bits per heavy atom. The molecule has 0 spiro atoms. The lowest BCUT2D eigenvalue weighted by Crippen LogP contribution is -2.49. The number of hydrazone groups is 4. The van der Waals surface area contributed by atoms with Crippen molar-refractivity contribution >= 4 is 66.3 Å². The van der Waals surface area contributed by atoms with E-state index in [-0.39, 0.29) is 38.5 Å². The first-order valence-electron chi connectivity index (χ1n) is 44.0. The highest BCUT2D eigenvalue weighted by Crippen LogP contribution is 2.16. The number of amides is 6. The molecule has 0 aromatic carbocycles. The summed E-state index contributed by atoms with van der Waals surface area (Å²) in [6, 6.07) is -3.76. The number of nitrogens with one attached hydrogen (secondary N) is 6. The van der Waals surface area contributed by atoms with Gasteiger partial charge in [0, 0.05) is 44.1 Å². The van der Waals surface area contributed by atoms with Gasteiger partial charge in [-0.3, -0.25) is 28.8 Å². The minimum Gasteiger partial charge on any atom is -0.370 e. The minimum atomic E-state index is -1.34. The third-order valence-electron chi connectivity index (χ3n) is 19.3. The van der Waals surface area contributed by atoms with Crippen molar-refractivity contribution in [3.63, 3.8) is 0 Å². The molecule has 0 bridgehead atoms. The molecule has 614 valence electrons. The van der Waals surface area contributed by atoms with Gasteiger partial charge in [-0.1, -0.05) is 282 Å². The molecule has 10 N–H and O–H groups in total. The summed E-state index contributed by atoms with van der Waals surface area (Å²) in [5.74, 6) is -3.95. The van der Waals surface area contributed by atoms with Gasteiger partial charge >= 0.3 is 0 Å². The molecule has 19 nitrogen and oxygen atoms in total. The Morgan fingerprint density at radius 1 is 0.262 bits per heavy atom. The molecule has 0 heterocycles. The molecule has 0 radical (unpaired) electrons. The fourth-order valence-corrected chi connectivity index (χ4v) is 12.5. The molecule has 107 heavy (non-hydrogen) atoms. The Hall–Kier alpha value is -6.27. The highest BCUT2D eigenvalue weighted by Gasteiger charge is 2.28. The second-order valence-electron chi connectivity index (χ2n) is 29.6. The number of hydrogen-bond donors (Lipinski definition) is 8. The predicted octanol–water partition coefficient (Wildman–Crippen LogP) is 21.5. The minimum absolute atomic E-state index is 0.0672. The molecule has 0 aromatic rings. The summed E-state index contributed by atoms with van der Waals surface area (Å²) < 4.78 is 0. The van der Waals surface area contributed by atoms with Crippen LogP contribution in [-0.4, -0.2) is 84.4 Å². The molecule has 0 rings (SSSR count). The zero-order chi connectivity index (χ0) is 77.9. The molecule has 0 saturated heterocycles. The second-order valence-corrected chi connectivity index (χ2v) is 29.6. The van der Waals surface area contributed by atoms with E-state index < -0.39 is 59.5 Å². The first-order chi connectivity index (χ1) is 52.5. The molecule has 0 aliphatic rings. The maximum absolute atomic E-state index is 14.1. The zero-order valence-electron chi connectivity index (χ0n) is 68.8. The van der Waals surface area contributed by atoms with Crippen LogP contribution in [0.1, 0.15) is 426 Å². The number of carbonyl (C=O) groups is 6. The standard InChI is InChI=1S/C88H161N13O6/c1-5-9-13-17-21-25-29-33-37-41-45-49-53-57-61-65-75-91-98-83(103)73-70-80(86(106)100-93-77-67-63-59-55-51-47-43-39-35-31-27-23-19-15-11-7-3)95-82(102)72-69-79(97-88(89)90)85(105)96-81(87(107)101-94-78-68-64-60-56-52-48-44-40-36-32-28-24-20-16-12-8-4)71-74-84(104)99-92-76-66-62-58-54-50-46-42-38-34-30-26-22-18-14-10-6-2/h33-40,75-81H,5-32,41-74H2,1-4H3,(H,95,102)(H,96,105)(H,98,103)(H,99,104)(H,100,106)(H,101,107)(H4,89,90,97)/b37-33-,38-34-,39-35-,40-36-,91-75+,92-76+,93-77+,94-78+/t79-,80-,81-/m0/s1. The summed E-state index contributed by atoms with van der Waals surface area (Å²) in [6.07, 6.45) is 89.7. The van der Waals surface area contributed by atoms with Gasteiger partial charge in [-0.15, -0.1) is 0 Å². The number of allylic oxidation sites excluding steroid dienone is 8. The fraction of sp³-hybridized carbons (Fsp3) is 0.784. The summed E-state index contributed by atoms with van der Waals surface area (Å²) in [6.45, 7) is 9.00. The summed E-state index contributed by atoms with van der Waals surface area (Å²) in [5.41, 5.74) is 21.9. The molecule has 0 aliphatic heterocycles. The SMILES string of the molecule is CCCCCCCC/C=C\CCCCCCC/C=N/NC(=O)CC[C@H](NC(=O)CC[C@H](N=C(N)N)C(=O)N[C@@H](CCC(=O)N/N=C/CCCCCCC/C=C\CCCCCCCC)C(=O)N/N=C/CCCCCCC/C=C\CCCCCCCC)C(=O)N/N=C/CCCCCCC/C=C\CCCCCCCC. The lowest BCUT2D eigenvalue weighted by atomic mass is 10.1. The number of unbranched alkanes of at least 4 members (excludes halogenated alkanes) is 48. The maximum Gasteiger partial charge on any atom is 0.262 e. The number of aliphatic imine (C=N–C) groups is 1. The summed E-state index contributed by atoms with van der Waals surface area (Å²) >= 11 is 0. The summed E-state index contributed by atoms with van der Waals surface area (Å²) in [7, 11) is 0. The van der Waals surface area contributed by atoms with Crippen LogP contribution in [0.2, 0.25) is 0 Å². The third-order valence-corrected chi connectivity index (χ3v) is 19.3. The monoisotopic (exact) mass is 1500 g/mol. The van der Waals surface area contributed by atoms with Crippen LogP contribution in [0.3, 0.4) is 0 Å². The van der Waals surface area contributed by atoms with E-state index in [1.54, 1.807) is 24.9 Å². The van der Waals surface area contributed by atoms with E-state index in [9.17, 15) is 28.8 Å². The lowest BCUT2D eigenvalue weighted by molar-refractivity contribution is -0.131. The van der Waals surface area contributed by atoms with Crippen LogP contribution < -0.4 is 43.8 Å². The van der Waals surface area contributed by atoms with Crippen molar-refractivity contribution in [3.8, 4) is 0 Å². The molecular weight excluding hydrogens is 1340 g/mol. The Bertz CT molecular complexity index is 2380. The van der Waals surface area contributed by atoms with Crippen LogP contribution in [0.15, 0.2) is 74.0 Å². The fourth-order valence-electron chi connectivity index (χ4n) is 12.5. The zero-order valence-corrected chi connectivity index (χ0v) is 68.8. The highest BCUT2D eigenvalue weighted by molar-refractivity contribution is 5.93. The van der Waals surface area contributed by atoms with E-state index in [1.165, 1.54) is 205 Å². The largest absolute Gasteiger partial charge is 0.370 e. The van der Waals surface area contributed by atoms with Gasteiger partial charge < -0.3 is 22.1 Å². The van der Waals surface area contributed by atoms with E-state index in [0.717, 1.165) is 135 Å². The Morgan fingerprint density at radius 2 is 0.486 bits per heavy atom. The van der Waals surface area contributed by atoms with Crippen LogP contribution in [0.5, 0.6) is 0 Å². The van der Waals surface area contributed by atoms with Crippen molar-refractivity contribution in [3.05, 3.63) is 48.6 Å². The lowest BCUT2D eigenvalue weighted by Gasteiger charge is -2.20. The van der Waals surface area contributed by atoms with Crippen molar-refractivity contribution in [2.75, 3.05) is 0 Å². The van der Waals surface area contributed by atoms with E-state index >= 15 is 0 Å². The molecule has 0 aromatic heterocycles. The quantitative estimate of drug-likeness (QED) is 0.00950. The van der Waals surface area contributed by atoms with E-state index in [0.29, 0.717) is 19.3 Å². The number of carbonyl (C=O) groups excluding carboxylic acids is 6. The van der Waals surface area contributed by atoms with Gasteiger partial charge in [-0.2, -0.15) is 20.4 Å². The average Bonchev–Trinajstić information content (AvgIpc) is 0.885. The molecule has 3 atom stereocenters. The first-order valence-corrected chi connectivity index (χ1v) is 44.0. The van der Waals surface area contributed by atoms with E-state index in [2.05, 4.69) is 134 Å². The topological polar surface area (TPSA) is 288 Å². The molecule has 6 amide bonds. The Labute approximate surface area is 653 Å². The van der Waals surface area contributed by atoms with Crippen LogP contribution >= 0.6 is 0 Å². The van der Waals surface area contributed by atoms with Crippen molar-refractivity contribution in [1.29, 1.82) is 0 Å². The van der Waals surface area contributed by atoms with Gasteiger partial charge in [0.1, 0.15) is 18.1 Å². The molecule has 0 saturated carbocycles.